The number of carbonyl (C=O) groups is 2. The molecule has 2 unspecified atom stereocenters. The number of aromatic nitrogens is 2. The summed E-state index contributed by atoms with van der Waals surface area (Å²) < 4.78 is 17.0. The monoisotopic (exact) mass is 481 g/mol. The third-order valence-electron chi connectivity index (χ3n) is 7.00. The van der Waals surface area contributed by atoms with E-state index in [4.69, 9.17) is 24.2 Å². The largest absolute Gasteiger partial charge is 0.465 e. The van der Waals surface area contributed by atoms with Gasteiger partial charge in [0.15, 0.2) is 6.23 Å². The summed E-state index contributed by atoms with van der Waals surface area (Å²) in [6.45, 7) is 4.03. The van der Waals surface area contributed by atoms with Crippen molar-refractivity contribution in [2.24, 2.45) is 0 Å². The number of ether oxygens (including phenoxy) is 3. The highest BCUT2D eigenvalue weighted by atomic mass is 16.6. The molecule has 0 saturated carbocycles. The van der Waals surface area contributed by atoms with Gasteiger partial charge < -0.3 is 19.1 Å². The van der Waals surface area contributed by atoms with Crippen LogP contribution in [0.3, 0.4) is 0 Å². The van der Waals surface area contributed by atoms with Gasteiger partial charge in [-0.2, -0.15) is 0 Å². The van der Waals surface area contributed by atoms with Gasteiger partial charge in [-0.1, -0.05) is 30.3 Å². The number of fused-ring (bicyclic) bond motifs is 6. The van der Waals surface area contributed by atoms with Gasteiger partial charge in [0, 0.05) is 24.4 Å². The standard InChI is InChI=1S/C28H23N3O5/c1-15-13-19-20(14-16(15)2)30-25-23(29-19)17-9-5-6-10-18(17)28(25)22(26(32)35-4)24(27(33)36-28)31-12-8-7-11-21(31)34-3/h5-14,21H,1-4H3. The first-order valence-electron chi connectivity index (χ1n) is 11.5. The van der Waals surface area contributed by atoms with E-state index in [-0.39, 0.29) is 11.3 Å². The van der Waals surface area contributed by atoms with E-state index in [1.807, 2.05) is 50.2 Å². The Bertz CT molecular complexity index is 1570. The zero-order valence-electron chi connectivity index (χ0n) is 20.2. The van der Waals surface area contributed by atoms with Crippen LogP contribution >= 0.6 is 0 Å². The molecule has 3 heterocycles. The van der Waals surface area contributed by atoms with Gasteiger partial charge in [-0.05, 0) is 49.3 Å². The van der Waals surface area contributed by atoms with Gasteiger partial charge in [-0.3, -0.25) is 0 Å². The number of rotatable bonds is 3. The van der Waals surface area contributed by atoms with Crippen LogP contribution in [0.1, 0.15) is 22.4 Å². The maximum Gasteiger partial charge on any atom is 0.357 e. The Labute approximate surface area is 207 Å². The van der Waals surface area contributed by atoms with Crippen molar-refractivity contribution in [2.45, 2.75) is 25.7 Å². The Kier molecular flexibility index (Phi) is 4.84. The van der Waals surface area contributed by atoms with Gasteiger partial charge in [-0.15, -0.1) is 0 Å². The van der Waals surface area contributed by atoms with Crippen molar-refractivity contribution in [3.63, 3.8) is 0 Å². The third kappa shape index (κ3) is 2.85. The summed E-state index contributed by atoms with van der Waals surface area (Å²) in [6.07, 6.45) is 6.39. The van der Waals surface area contributed by atoms with E-state index < -0.39 is 23.8 Å². The zero-order valence-corrected chi connectivity index (χ0v) is 20.2. The summed E-state index contributed by atoms with van der Waals surface area (Å²) in [5, 5.41) is 0. The molecule has 36 heavy (non-hydrogen) atoms. The van der Waals surface area contributed by atoms with Crippen LogP contribution in [-0.2, 0) is 29.4 Å². The number of esters is 2. The highest BCUT2D eigenvalue weighted by Gasteiger charge is 2.61. The van der Waals surface area contributed by atoms with Gasteiger partial charge in [0.1, 0.15) is 17.0 Å². The molecule has 1 spiro atoms. The second kappa shape index (κ2) is 7.86. The molecule has 3 aromatic rings. The number of benzene rings is 2. The summed E-state index contributed by atoms with van der Waals surface area (Å²) >= 11 is 0. The van der Waals surface area contributed by atoms with Crippen LogP contribution in [0.4, 0.5) is 0 Å². The fourth-order valence-corrected chi connectivity index (χ4v) is 5.18. The minimum absolute atomic E-state index is 0.0407. The van der Waals surface area contributed by atoms with Gasteiger partial charge in [0.05, 0.1) is 23.8 Å². The third-order valence-corrected chi connectivity index (χ3v) is 7.00. The van der Waals surface area contributed by atoms with E-state index in [1.54, 1.807) is 29.3 Å². The second-order valence-electron chi connectivity index (χ2n) is 8.94. The van der Waals surface area contributed by atoms with Gasteiger partial charge in [-0.25, -0.2) is 19.6 Å². The SMILES string of the molecule is COC(=O)C1=C(N2C=CC=CC2OC)C(=O)OC12c1ccccc1-c1nc3cc(C)c(C)cc3nc12. The molecule has 0 amide bonds. The molecule has 0 N–H and O–H groups in total. The molecular weight excluding hydrogens is 458 g/mol. The van der Waals surface area contributed by atoms with E-state index >= 15 is 0 Å². The number of allylic oxidation sites excluding steroid dienone is 2. The lowest BCUT2D eigenvalue weighted by Gasteiger charge is -2.29. The van der Waals surface area contributed by atoms with Crippen molar-refractivity contribution in [1.29, 1.82) is 0 Å². The molecule has 0 fully saturated rings. The molecule has 0 bridgehead atoms. The molecule has 1 aromatic heterocycles. The molecule has 2 atom stereocenters. The van der Waals surface area contributed by atoms with E-state index in [2.05, 4.69) is 0 Å². The van der Waals surface area contributed by atoms with E-state index in [0.717, 1.165) is 22.2 Å². The molecule has 180 valence electrons. The fraction of sp³-hybridized carbons (Fsp3) is 0.214. The van der Waals surface area contributed by atoms with Crippen LogP contribution in [0.25, 0.3) is 22.3 Å². The van der Waals surface area contributed by atoms with Crippen molar-refractivity contribution < 1.29 is 23.8 Å². The summed E-state index contributed by atoms with van der Waals surface area (Å²) in [7, 11) is 2.81. The number of aryl methyl sites for hydroxylation is 2. The van der Waals surface area contributed by atoms with Crippen LogP contribution in [0, 0.1) is 13.8 Å². The molecule has 0 radical (unpaired) electrons. The van der Waals surface area contributed by atoms with E-state index in [0.29, 0.717) is 22.5 Å². The number of methoxy groups -OCH3 is 2. The van der Waals surface area contributed by atoms with Crippen LogP contribution in [0.15, 0.2) is 72.1 Å². The molecule has 8 heteroatoms. The molecule has 8 nitrogen and oxygen atoms in total. The van der Waals surface area contributed by atoms with E-state index in [1.165, 1.54) is 14.2 Å². The maximum atomic E-state index is 13.6. The minimum atomic E-state index is -1.61. The van der Waals surface area contributed by atoms with Crippen molar-refractivity contribution in [1.82, 2.24) is 14.9 Å². The number of nitrogens with zero attached hydrogens (tertiary/aromatic N) is 3. The van der Waals surface area contributed by atoms with Gasteiger partial charge in [0.25, 0.3) is 0 Å². The highest BCUT2D eigenvalue weighted by molar-refractivity contribution is 6.08. The normalized spacial score (nSPS) is 21.8. The van der Waals surface area contributed by atoms with Crippen molar-refractivity contribution in [3.05, 3.63) is 94.5 Å². The molecule has 0 saturated heterocycles. The predicted octanol–water partition coefficient (Wildman–Crippen LogP) is 3.81. The first kappa shape index (κ1) is 22.2. The molecular formula is C28H23N3O5. The van der Waals surface area contributed by atoms with Gasteiger partial charge in [0.2, 0.25) is 5.60 Å². The lowest BCUT2D eigenvalue weighted by Crippen LogP contribution is -2.36. The Morgan fingerprint density at radius 1 is 1.06 bits per heavy atom. The zero-order chi connectivity index (χ0) is 25.2. The lowest BCUT2D eigenvalue weighted by molar-refractivity contribution is -0.148. The summed E-state index contributed by atoms with van der Waals surface area (Å²) in [6, 6.07) is 11.4. The number of carbonyl (C=O) groups excluding carboxylic acids is 2. The maximum absolute atomic E-state index is 13.6. The first-order chi connectivity index (χ1) is 17.4. The molecule has 3 aliphatic rings. The Balaban J connectivity index is 1.71. The molecule has 1 aliphatic carbocycles. The topological polar surface area (TPSA) is 90.8 Å². The summed E-state index contributed by atoms with van der Waals surface area (Å²) in [4.78, 5) is 38.6. The Hall–Kier alpha value is -4.30. The van der Waals surface area contributed by atoms with Gasteiger partial charge >= 0.3 is 11.9 Å². The smallest absolute Gasteiger partial charge is 0.357 e. The van der Waals surface area contributed by atoms with Crippen molar-refractivity contribution >= 4 is 23.0 Å². The van der Waals surface area contributed by atoms with Crippen LogP contribution in [-0.4, -0.2) is 47.3 Å². The van der Waals surface area contributed by atoms with Crippen molar-refractivity contribution in [3.8, 4) is 11.3 Å². The molecule has 2 aliphatic heterocycles. The molecule has 6 rings (SSSR count). The highest BCUT2D eigenvalue weighted by Crippen LogP contribution is 2.56. The van der Waals surface area contributed by atoms with Crippen LogP contribution in [0.2, 0.25) is 0 Å². The van der Waals surface area contributed by atoms with Crippen molar-refractivity contribution in [2.75, 3.05) is 14.2 Å². The quantitative estimate of drug-likeness (QED) is 0.522. The van der Waals surface area contributed by atoms with Crippen LogP contribution in [0.5, 0.6) is 0 Å². The second-order valence-corrected chi connectivity index (χ2v) is 8.94. The molecule has 2 aromatic carbocycles. The number of hydrogen-bond donors (Lipinski definition) is 0. The minimum Gasteiger partial charge on any atom is -0.465 e. The summed E-state index contributed by atoms with van der Waals surface area (Å²) in [5.74, 6) is -1.37. The van der Waals surface area contributed by atoms with E-state index in [9.17, 15) is 9.59 Å². The Morgan fingerprint density at radius 3 is 2.50 bits per heavy atom. The number of hydrogen-bond acceptors (Lipinski definition) is 8. The fourth-order valence-electron chi connectivity index (χ4n) is 5.18. The lowest BCUT2D eigenvalue weighted by atomic mass is 9.86. The average Bonchev–Trinajstić information content (AvgIpc) is 3.34. The first-order valence-corrected chi connectivity index (χ1v) is 11.5. The summed E-state index contributed by atoms with van der Waals surface area (Å²) in [5.41, 5.74) is 4.29. The average molecular weight is 482 g/mol. The van der Waals surface area contributed by atoms with Crippen LogP contribution < -0.4 is 0 Å². The Morgan fingerprint density at radius 2 is 1.78 bits per heavy atom. The predicted molar refractivity (Wildman–Crippen MR) is 131 cm³/mol.